The first-order chi connectivity index (χ1) is 18.7. The number of halogens is 1. The van der Waals surface area contributed by atoms with Gasteiger partial charge >= 0.3 is 0 Å². The molecule has 0 spiro atoms. The average Bonchev–Trinajstić information content (AvgIpc) is 3.41. The first-order valence-electron chi connectivity index (χ1n) is 12.5. The largest absolute Gasteiger partial charge is 0.460 e. The number of nitrogens with one attached hydrogen (secondary N) is 2. The smallest absolute Gasteiger partial charge is 0.259 e. The van der Waals surface area contributed by atoms with Crippen molar-refractivity contribution in [3.05, 3.63) is 117 Å². The van der Waals surface area contributed by atoms with E-state index >= 15 is 0 Å². The van der Waals surface area contributed by atoms with Crippen molar-refractivity contribution in [1.82, 2.24) is 10.6 Å². The number of aryl methyl sites for hydroxylation is 1. The Morgan fingerprint density at radius 2 is 1.74 bits per heavy atom. The number of amides is 2. The lowest BCUT2D eigenvalue weighted by atomic mass is 10.0. The van der Waals surface area contributed by atoms with Gasteiger partial charge < -0.3 is 15.5 Å². The highest BCUT2D eigenvalue weighted by Crippen LogP contribution is 2.27. The lowest BCUT2D eigenvalue weighted by molar-refractivity contribution is -0.121. The summed E-state index contributed by atoms with van der Waals surface area (Å²) in [4.78, 5) is 25.5. The molecule has 0 unspecified atom stereocenters. The fourth-order valence-electron chi connectivity index (χ4n) is 4.04. The standard InChI is InChI=1S/C31H29ClN4O3/c1-19-3-9-23(10-4-19)20(2)35-18-25-12-14-29(39-25)24-11-13-27(32)26(16-24)30(37)36-31(38)28(34)15-21-5-7-22(17-33)8-6-21/h3-14,16,20,28,35H,15,18,34H2,1-2H3,(H,36,37,38)/t20-,28-/m1/s1. The van der Waals surface area contributed by atoms with Gasteiger partial charge in [-0.3, -0.25) is 14.9 Å². The summed E-state index contributed by atoms with van der Waals surface area (Å²) >= 11 is 6.29. The molecule has 3 aromatic carbocycles. The van der Waals surface area contributed by atoms with Crippen molar-refractivity contribution in [1.29, 1.82) is 5.26 Å². The molecule has 8 heteroatoms. The molecule has 7 nitrogen and oxygen atoms in total. The van der Waals surface area contributed by atoms with Gasteiger partial charge in [-0.2, -0.15) is 5.26 Å². The molecule has 0 aliphatic carbocycles. The van der Waals surface area contributed by atoms with Crippen LogP contribution in [-0.2, 0) is 17.8 Å². The van der Waals surface area contributed by atoms with Gasteiger partial charge in [-0.05, 0) is 73.9 Å². The topological polar surface area (TPSA) is 121 Å². The van der Waals surface area contributed by atoms with E-state index in [-0.39, 0.29) is 23.0 Å². The van der Waals surface area contributed by atoms with E-state index in [2.05, 4.69) is 48.7 Å². The number of nitrogens with zero attached hydrogens (tertiary/aromatic N) is 1. The molecule has 2 amide bonds. The number of carbonyl (C=O) groups excluding carboxylic acids is 2. The number of hydrogen-bond acceptors (Lipinski definition) is 6. The Hall–Kier alpha value is -4.22. The molecule has 39 heavy (non-hydrogen) atoms. The van der Waals surface area contributed by atoms with Crippen molar-refractivity contribution < 1.29 is 14.0 Å². The van der Waals surface area contributed by atoms with Gasteiger partial charge in [0.2, 0.25) is 5.91 Å². The van der Waals surface area contributed by atoms with Crippen molar-refractivity contribution in [3.8, 4) is 17.4 Å². The Kier molecular flexibility index (Phi) is 8.95. The molecule has 4 aromatic rings. The lowest BCUT2D eigenvalue weighted by Crippen LogP contribution is -2.44. The van der Waals surface area contributed by atoms with Crippen molar-refractivity contribution in [2.24, 2.45) is 5.73 Å². The zero-order valence-corrected chi connectivity index (χ0v) is 22.5. The summed E-state index contributed by atoms with van der Waals surface area (Å²) in [5.74, 6) is 0.0422. The maximum atomic E-state index is 12.9. The molecule has 0 saturated carbocycles. The summed E-state index contributed by atoms with van der Waals surface area (Å²) in [6, 6.07) is 25.0. The van der Waals surface area contributed by atoms with Crippen molar-refractivity contribution >= 4 is 23.4 Å². The maximum absolute atomic E-state index is 12.9. The van der Waals surface area contributed by atoms with Crippen molar-refractivity contribution in [2.45, 2.75) is 38.9 Å². The Morgan fingerprint density at radius 3 is 2.44 bits per heavy atom. The quantitative estimate of drug-likeness (QED) is 0.259. The van der Waals surface area contributed by atoms with Crippen LogP contribution in [0.15, 0.2) is 83.3 Å². The van der Waals surface area contributed by atoms with E-state index in [0.29, 0.717) is 23.4 Å². The third-order valence-corrected chi connectivity index (χ3v) is 6.76. The fourth-order valence-corrected chi connectivity index (χ4v) is 4.24. The van der Waals surface area contributed by atoms with Gasteiger partial charge in [0.15, 0.2) is 0 Å². The summed E-state index contributed by atoms with van der Waals surface area (Å²) in [7, 11) is 0. The van der Waals surface area contributed by atoms with E-state index in [1.54, 1.807) is 42.5 Å². The number of furan rings is 1. The third kappa shape index (κ3) is 7.21. The van der Waals surface area contributed by atoms with Crippen LogP contribution < -0.4 is 16.4 Å². The molecule has 0 radical (unpaired) electrons. The summed E-state index contributed by atoms with van der Waals surface area (Å²) < 4.78 is 6.01. The summed E-state index contributed by atoms with van der Waals surface area (Å²) in [5, 5.41) is 14.9. The maximum Gasteiger partial charge on any atom is 0.259 e. The number of carbonyl (C=O) groups is 2. The molecule has 0 aliphatic heterocycles. The molecule has 1 heterocycles. The number of hydrogen-bond donors (Lipinski definition) is 3. The minimum absolute atomic E-state index is 0.136. The highest BCUT2D eigenvalue weighted by atomic mass is 35.5. The van der Waals surface area contributed by atoms with Gasteiger partial charge in [0, 0.05) is 11.6 Å². The van der Waals surface area contributed by atoms with E-state index in [9.17, 15) is 9.59 Å². The number of benzene rings is 3. The Balaban J connectivity index is 1.38. The predicted octanol–water partition coefficient (Wildman–Crippen LogP) is 5.46. The van der Waals surface area contributed by atoms with E-state index in [1.807, 2.05) is 18.2 Å². The van der Waals surface area contributed by atoms with Gasteiger partial charge in [0.05, 0.1) is 34.8 Å². The van der Waals surface area contributed by atoms with Crippen LogP contribution in [0.4, 0.5) is 0 Å². The van der Waals surface area contributed by atoms with Crippen LogP contribution in [0.3, 0.4) is 0 Å². The molecular weight excluding hydrogens is 512 g/mol. The Morgan fingerprint density at radius 1 is 1.03 bits per heavy atom. The van der Waals surface area contributed by atoms with Crippen molar-refractivity contribution in [3.63, 3.8) is 0 Å². The van der Waals surface area contributed by atoms with Crippen LogP contribution in [0, 0.1) is 18.3 Å². The van der Waals surface area contributed by atoms with Gasteiger partial charge in [-0.25, -0.2) is 0 Å². The van der Waals surface area contributed by atoms with Crippen molar-refractivity contribution in [2.75, 3.05) is 0 Å². The second-order valence-electron chi connectivity index (χ2n) is 9.41. The van der Waals surface area contributed by atoms with Crippen LogP contribution in [0.2, 0.25) is 5.02 Å². The van der Waals surface area contributed by atoms with Crippen LogP contribution in [0.25, 0.3) is 11.3 Å². The van der Waals surface area contributed by atoms with Gasteiger partial charge in [-0.15, -0.1) is 0 Å². The second kappa shape index (κ2) is 12.5. The lowest BCUT2D eigenvalue weighted by Gasteiger charge is -2.13. The number of rotatable bonds is 9. The average molecular weight is 541 g/mol. The Labute approximate surface area is 232 Å². The first-order valence-corrected chi connectivity index (χ1v) is 12.9. The summed E-state index contributed by atoms with van der Waals surface area (Å²) in [6.45, 7) is 4.68. The molecule has 0 saturated heterocycles. The molecule has 4 N–H and O–H groups in total. The number of nitriles is 1. The normalized spacial score (nSPS) is 12.4. The minimum Gasteiger partial charge on any atom is -0.460 e. The predicted molar refractivity (Wildman–Crippen MR) is 151 cm³/mol. The van der Waals surface area contributed by atoms with E-state index < -0.39 is 17.9 Å². The SMILES string of the molecule is Cc1ccc([C@@H](C)NCc2ccc(-c3ccc(Cl)c(C(=O)NC(=O)[C@H](N)Cc4ccc(C#N)cc4)c3)o2)cc1. The van der Waals surface area contributed by atoms with Gasteiger partial charge in [-0.1, -0.05) is 53.6 Å². The fraction of sp³-hybridized carbons (Fsp3) is 0.194. The van der Waals surface area contributed by atoms with Crippen LogP contribution in [0.5, 0.6) is 0 Å². The monoisotopic (exact) mass is 540 g/mol. The summed E-state index contributed by atoms with van der Waals surface area (Å²) in [5.41, 5.74) is 10.5. The van der Waals surface area contributed by atoms with Gasteiger partial charge in [0.1, 0.15) is 11.5 Å². The second-order valence-corrected chi connectivity index (χ2v) is 9.82. The number of nitrogens with two attached hydrogens (primary N) is 1. The summed E-state index contributed by atoms with van der Waals surface area (Å²) in [6.07, 6.45) is 0.213. The zero-order chi connectivity index (χ0) is 27.9. The van der Waals surface area contributed by atoms with E-state index in [1.165, 1.54) is 11.1 Å². The molecule has 4 rings (SSSR count). The van der Waals surface area contributed by atoms with E-state index in [0.717, 1.165) is 11.3 Å². The molecule has 198 valence electrons. The van der Waals surface area contributed by atoms with Crippen LogP contribution in [0.1, 0.15) is 51.3 Å². The highest BCUT2D eigenvalue weighted by Gasteiger charge is 2.20. The molecular formula is C31H29ClN4O3. The Bertz CT molecular complexity index is 1500. The molecule has 0 aliphatic rings. The van der Waals surface area contributed by atoms with E-state index in [4.69, 9.17) is 27.0 Å². The molecule has 0 bridgehead atoms. The van der Waals surface area contributed by atoms with Crippen LogP contribution >= 0.6 is 11.6 Å². The highest BCUT2D eigenvalue weighted by molar-refractivity contribution is 6.34. The first kappa shape index (κ1) is 27.8. The molecule has 1 aromatic heterocycles. The zero-order valence-electron chi connectivity index (χ0n) is 21.7. The van der Waals surface area contributed by atoms with Gasteiger partial charge in [0.25, 0.3) is 5.91 Å². The number of imide groups is 1. The van der Waals surface area contributed by atoms with Crippen LogP contribution in [-0.4, -0.2) is 17.9 Å². The third-order valence-electron chi connectivity index (χ3n) is 6.43. The minimum atomic E-state index is -0.953. The molecule has 0 fully saturated rings. The molecule has 2 atom stereocenters.